The zero-order chi connectivity index (χ0) is 14.1. The normalized spacial score (nSPS) is 18.9. The van der Waals surface area contributed by atoms with Crippen molar-refractivity contribution in [2.24, 2.45) is 5.84 Å². The summed E-state index contributed by atoms with van der Waals surface area (Å²) >= 11 is 1.93. The van der Waals surface area contributed by atoms with E-state index in [-0.39, 0.29) is 6.04 Å². The first-order valence-corrected chi connectivity index (χ1v) is 7.94. The van der Waals surface area contributed by atoms with E-state index in [1.807, 2.05) is 11.8 Å². The summed E-state index contributed by atoms with van der Waals surface area (Å²) in [4.78, 5) is 1.39. The number of hydrogen-bond donors (Lipinski definition) is 2. The van der Waals surface area contributed by atoms with E-state index in [0.29, 0.717) is 5.92 Å². The number of hydrazine groups is 1. The lowest BCUT2D eigenvalue weighted by Gasteiger charge is -2.25. The molecule has 1 heterocycles. The smallest absolute Gasteiger partial charge is 0.0539 e. The number of hydrogen-bond acceptors (Lipinski definition) is 3. The highest BCUT2D eigenvalue weighted by molar-refractivity contribution is 7.99. The van der Waals surface area contributed by atoms with Gasteiger partial charge in [-0.25, -0.2) is 0 Å². The second kappa shape index (κ2) is 5.60. The van der Waals surface area contributed by atoms with Crippen LogP contribution in [-0.4, -0.2) is 5.75 Å². The molecule has 20 heavy (non-hydrogen) atoms. The van der Waals surface area contributed by atoms with E-state index in [2.05, 4.69) is 61.7 Å². The molecule has 0 aromatic heterocycles. The maximum atomic E-state index is 5.89. The van der Waals surface area contributed by atoms with Gasteiger partial charge in [0.15, 0.2) is 0 Å². The summed E-state index contributed by atoms with van der Waals surface area (Å²) in [6.45, 7) is 4.29. The number of aryl methyl sites for hydroxylation is 2. The molecule has 2 aromatic rings. The zero-order valence-electron chi connectivity index (χ0n) is 11.9. The molecule has 0 aliphatic carbocycles. The van der Waals surface area contributed by atoms with Crippen molar-refractivity contribution in [3.63, 3.8) is 0 Å². The third kappa shape index (κ3) is 2.37. The highest BCUT2D eigenvalue weighted by Gasteiger charge is 2.31. The summed E-state index contributed by atoms with van der Waals surface area (Å²) < 4.78 is 0. The Morgan fingerprint density at radius 2 is 2.00 bits per heavy atom. The molecule has 104 valence electrons. The quantitative estimate of drug-likeness (QED) is 0.667. The minimum absolute atomic E-state index is 0.173. The number of thioether (sulfide) groups is 1. The predicted octanol–water partition coefficient (Wildman–Crippen LogP) is 3.70. The number of benzene rings is 2. The second-order valence-electron chi connectivity index (χ2n) is 5.46. The van der Waals surface area contributed by atoms with E-state index in [1.165, 1.54) is 27.1 Å². The van der Waals surface area contributed by atoms with E-state index in [1.54, 1.807) is 0 Å². The third-order valence-electron chi connectivity index (χ3n) is 4.08. The lowest BCUT2D eigenvalue weighted by atomic mass is 9.86. The number of nitrogens with two attached hydrogens (primary N) is 1. The summed E-state index contributed by atoms with van der Waals surface area (Å²) in [5.41, 5.74) is 8.37. The van der Waals surface area contributed by atoms with Crippen LogP contribution in [0.5, 0.6) is 0 Å². The minimum Gasteiger partial charge on any atom is -0.271 e. The second-order valence-corrected chi connectivity index (χ2v) is 6.52. The Hall–Kier alpha value is -1.29. The molecular formula is C17H20N2S. The molecule has 2 aromatic carbocycles. The molecule has 0 fully saturated rings. The standard InChI is InChI=1S/C17H20N2S/c1-11-7-8-13(12(2)9-11)17(19-18)15-10-20-16-6-4-3-5-14(15)16/h3-9,15,17,19H,10,18H2,1-2H3. The largest absolute Gasteiger partial charge is 0.271 e. The fraction of sp³-hybridized carbons (Fsp3) is 0.294. The fourth-order valence-corrected chi connectivity index (χ4v) is 4.35. The molecule has 0 amide bonds. The molecule has 3 N–H and O–H groups in total. The van der Waals surface area contributed by atoms with E-state index < -0.39 is 0 Å². The van der Waals surface area contributed by atoms with Crippen LogP contribution in [0.4, 0.5) is 0 Å². The van der Waals surface area contributed by atoms with Gasteiger partial charge in [0.1, 0.15) is 0 Å². The minimum atomic E-state index is 0.173. The van der Waals surface area contributed by atoms with Crippen molar-refractivity contribution < 1.29 is 0 Å². The molecule has 1 aliphatic rings. The summed E-state index contributed by atoms with van der Waals surface area (Å²) in [6, 6.07) is 15.4. The van der Waals surface area contributed by atoms with Gasteiger partial charge in [-0.15, -0.1) is 11.8 Å². The van der Waals surface area contributed by atoms with Crippen LogP contribution in [-0.2, 0) is 0 Å². The van der Waals surface area contributed by atoms with Crippen molar-refractivity contribution in [3.8, 4) is 0 Å². The summed E-state index contributed by atoms with van der Waals surface area (Å²) in [6.07, 6.45) is 0. The van der Waals surface area contributed by atoms with Crippen LogP contribution in [0.2, 0.25) is 0 Å². The molecular weight excluding hydrogens is 264 g/mol. The van der Waals surface area contributed by atoms with Gasteiger partial charge >= 0.3 is 0 Å². The van der Waals surface area contributed by atoms with Gasteiger partial charge in [0.25, 0.3) is 0 Å². The van der Waals surface area contributed by atoms with Crippen LogP contribution in [0.3, 0.4) is 0 Å². The van der Waals surface area contributed by atoms with Crippen molar-refractivity contribution in [2.75, 3.05) is 5.75 Å². The number of fused-ring (bicyclic) bond motifs is 1. The zero-order valence-corrected chi connectivity index (χ0v) is 12.7. The van der Waals surface area contributed by atoms with Crippen molar-refractivity contribution >= 4 is 11.8 Å². The molecule has 3 heteroatoms. The van der Waals surface area contributed by atoms with Gasteiger partial charge in [-0.05, 0) is 36.6 Å². The van der Waals surface area contributed by atoms with Crippen molar-refractivity contribution in [1.82, 2.24) is 5.43 Å². The lowest BCUT2D eigenvalue weighted by Crippen LogP contribution is -2.33. The molecule has 0 radical (unpaired) electrons. The highest BCUT2D eigenvalue weighted by Crippen LogP contribution is 2.45. The van der Waals surface area contributed by atoms with Gasteiger partial charge < -0.3 is 0 Å². The SMILES string of the molecule is Cc1ccc(C(NN)C2CSc3ccccc32)c(C)c1. The Morgan fingerprint density at radius 1 is 1.20 bits per heavy atom. The molecule has 0 bridgehead atoms. The van der Waals surface area contributed by atoms with Gasteiger partial charge in [0, 0.05) is 16.6 Å². The van der Waals surface area contributed by atoms with Crippen LogP contribution in [0.25, 0.3) is 0 Å². The predicted molar refractivity (Wildman–Crippen MR) is 85.9 cm³/mol. The van der Waals surface area contributed by atoms with Gasteiger partial charge in [0.2, 0.25) is 0 Å². The van der Waals surface area contributed by atoms with E-state index in [0.717, 1.165) is 5.75 Å². The monoisotopic (exact) mass is 284 g/mol. The lowest BCUT2D eigenvalue weighted by molar-refractivity contribution is 0.483. The molecule has 1 aliphatic heterocycles. The summed E-state index contributed by atoms with van der Waals surface area (Å²) in [7, 11) is 0. The molecule has 0 spiro atoms. The molecule has 0 saturated carbocycles. The Morgan fingerprint density at radius 3 is 2.75 bits per heavy atom. The van der Waals surface area contributed by atoms with Gasteiger partial charge in [-0.3, -0.25) is 11.3 Å². The maximum absolute atomic E-state index is 5.89. The van der Waals surface area contributed by atoms with Crippen molar-refractivity contribution in [2.45, 2.75) is 30.7 Å². The average molecular weight is 284 g/mol. The van der Waals surface area contributed by atoms with Crippen molar-refractivity contribution in [1.29, 1.82) is 0 Å². The Balaban J connectivity index is 1.99. The third-order valence-corrected chi connectivity index (χ3v) is 5.29. The number of rotatable bonds is 3. The Bertz CT molecular complexity index is 624. The first-order chi connectivity index (χ1) is 9.70. The molecule has 2 unspecified atom stereocenters. The molecule has 0 saturated heterocycles. The van der Waals surface area contributed by atoms with Crippen LogP contribution in [0, 0.1) is 13.8 Å². The molecule has 3 rings (SSSR count). The molecule has 2 nitrogen and oxygen atoms in total. The topological polar surface area (TPSA) is 38.0 Å². The number of nitrogens with one attached hydrogen (secondary N) is 1. The maximum Gasteiger partial charge on any atom is 0.0539 e. The summed E-state index contributed by atoms with van der Waals surface area (Å²) in [5, 5.41) is 0. The average Bonchev–Trinajstić information content (AvgIpc) is 2.86. The van der Waals surface area contributed by atoms with Crippen LogP contribution in [0.15, 0.2) is 47.4 Å². The van der Waals surface area contributed by atoms with E-state index in [9.17, 15) is 0 Å². The summed E-state index contributed by atoms with van der Waals surface area (Å²) in [5.74, 6) is 7.41. The van der Waals surface area contributed by atoms with Gasteiger partial charge in [0.05, 0.1) is 6.04 Å². The van der Waals surface area contributed by atoms with Crippen LogP contribution < -0.4 is 11.3 Å². The Labute approximate surface area is 124 Å². The van der Waals surface area contributed by atoms with E-state index in [4.69, 9.17) is 5.84 Å². The van der Waals surface area contributed by atoms with Crippen LogP contribution in [0.1, 0.15) is 34.2 Å². The fourth-order valence-electron chi connectivity index (χ4n) is 3.06. The first kappa shape index (κ1) is 13.7. The van der Waals surface area contributed by atoms with E-state index >= 15 is 0 Å². The molecule has 2 atom stereocenters. The van der Waals surface area contributed by atoms with Crippen LogP contribution >= 0.6 is 11.8 Å². The van der Waals surface area contributed by atoms with Gasteiger partial charge in [-0.2, -0.15) is 0 Å². The first-order valence-electron chi connectivity index (χ1n) is 6.95. The van der Waals surface area contributed by atoms with Crippen molar-refractivity contribution in [3.05, 3.63) is 64.7 Å². The van der Waals surface area contributed by atoms with Gasteiger partial charge in [-0.1, -0.05) is 42.0 Å². The highest BCUT2D eigenvalue weighted by atomic mass is 32.2. The Kier molecular flexibility index (Phi) is 3.83.